The second kappa shape index (κ2) is 17.7. The van der Waals surface area contributed by atoms with E-state index in [2.05, 4.69) is 109 Å². The Morgan fingerprint density at radius 1 is 0.950 bits per heavy atom. The first kappa shape index (κ1) is 43.4. The van der Waals surface area contributed by atoms with Crippen molar-refractivity contribution in [1.29, 1.82) is 0 Å². The Morgan fingerprint density at radius 2 is 1.68 bits per heavy atom. The van der Waals surface area contributed by atoms with Crippen LogP contribution < -0.4 is 20.3 Å². The summed E-state index contributed by atoms with van der Waals surface area (Å²) in [7, 11) is 2.08. The van der Waals surface area contributed by atoms with Gasteiger partial charge >= 0.3 is 6.03 Å². The molecule has 2 aliphatic rings. The zero-order chi connectivity index (χ0) is 42.9. The molecule has 1 aliphatic carbocycles. The summed E-state index contributed by atoms with van der Waals surface area (Å²) in [5.74, 6) is 2.17. The second-order valence-corrected chi connectivity index (χ2v) is 24.5. The quantitative estimate of drug-likeness (QED) is 0.0993. The van der Waals surface area contributed by atoms with E-state index in [9.17, 15) is 4.79 Å². The summed E-state index contributed by atoms with van der Waals surface area (Å²) in [6, 6.07) is 13.9. The maximum absolute atomic E-state index is 13.8. The third-order valence-corrected chi connectivity index (χ3v) is 18.7. The minimum atomic E-state index is -2.01. The summed E-state index contributed by atoms with van der Waals surface area (Å²) >= 11 is 0. The number of amides is 2. The fourth-order valence-corrected chi connectivity index (χ4v) is 15.0. The first-order valence-electron chi connectivity index (χ1n) is 21.9. The first-order chi connectivity index (χ1) is 28.5. The number of hydrogen-bond donors (Lipinski definition) is 2. The first-order valence-corrected chi connectivity index (χ1v) is 24.1. The summed E-state index contributed by atoms with van der Waals surface area (Å²) < 4.78 is 19.6. The Balaban J connectivity index is 1.05. The highest BCUT2D eigenvalue weighted by molar-refractivity contribution is 6.77. The van der Waals surface area contributed by atoms with Gasteiger partial charge < -0.3 is 24.3 Å². The van der Waals surface area contributed by atoms with Gasteiger partial charge in [-0.3, -0.25) is 14.4 Å². The van der Waals surface area contributed by atoms with Crippen molar-refractivity contribution >= 4 is 31.8 Å². The van der Waals surface area contributed by atoms with E-state index in [0.29, 0.717) is 35.5 Å². The predicted octanol–water partition coefficient (Wildman–Crippen LogP) is 8.91. The van der Waals surface area contributed by atoms with Crippen LogP contribution in [0.25, 0.3) is 11.3 Å². The van der Waals surface area contributed by atoms with Gasteiger partial charge in [-0.15, -0.1) is 10.2 Å². The lowest BCUT2D eigenvalue weighted by Crippen LogP contribution is -2.50. The molecular weight excluding hydrogens is 771 g/mol. The lowest BCUT2D eigenvalue weighted by molar-refractivity contribution is 0.171. The highest BCUT2D eigenvalue weighted by atomic mass is 28.4. The molecule has 60 heavy (non-hydrogen) atoms. The molecule has 3 unspecified atom stereocenters. The van der Waals surface area contributed by atoms with Crippen molar-refractivity contribution in [1.82, 2.24) is 44.4 Å². The Labute approximate surface area is 357 Å². The van der Waals surface area contributed by atoms with E-state index in [4.69, 9.17) is 19.4 Å². The minimum Gasteiger partial charge on any atom is -0.484 e. The maximum Gasteiger partial charge on any atom is 0.320 e. The molecule has 1 aromatic carbocycles. The van der Waals surface area contributed by atoms with Crippen LogP contribution in [0, 0.1) is 0 Å². The van der Waals surface area contributed by atoms with E-state index in [-0.39, 0.29) is 29.6 Å². The molecule has 5 heterocycles. The van der Waals surface area contributed by atoms with Gasteiger partial charge in [-0.2, -0.15) is 10.2 Å². The number of aromatic nitrogens is 7. The van der Waals surface area contributed by atoms with E-state index < -0.39 is 8.32 Å². The number of benzene rings is 1. The molecule has 1 aliphatic heterocycles. The predicted molar refractivity (Wildman–Crippen MR) is 241 cm³/mol. The van der Waals surface area contributed by atoms with Crippen LogP contribution in [0.3, 0.4) is 0 Å². The van der Waals surface area contributed by atoms with Crippen molar-refractivity contribution in [3.8, 4) is 11.4 Å². The Hall–Kier alpha value is -4.73. The average molecular weight is 838 g/mol. The van der Waals surface area contributed by atoms with Gasteiger partial charge in [-0.1, -0.05) is 86.6 Å². The molecule has 1 fully saturated rings. The minimum absolute atomic E-state index is 0.186. The number of fused-ring (bicyclic) bond motifs is 2. The maximum atomic E-state index is 13.8. The van der Waals surface area contributed by atoms with Crippen molar-refractivity contribution in [3.05, 3.63) is 77.9 Å². The number of pyridine rings is 1. The molecule has 2 amide bonds. The van der Waals surface area contributed by atoms with Crippen LogP contribution in [-0.4, -0.2) is 93.2 Å². The van der Waals surface area contributed by atoms with Gasteiger partial charge in [0.25, 0.3) is 0 Å². The van der Waals surface area contributed by atoms with E-state index in [1.165, 1.54) is 0 Å². The molecule has 5 aromatic rings. The third-order valence-electron chi connectivity index (χ3n) is 12.6. The number of urea groups is 1. The molecule has 1 saturated heterocycles. The van der Waals surface area contributed by atoms with Gasteiger partial charge in [-0.05, 0) is 79.7 Å². The number of nitrogens with zero attached hydrogens (tertiary/aromatic N) is 9. The molecule has 7 rings (SSSR count). The average Bonchev–Trinajstić information content (AvgIpc) is 4.01. The zero-order valence-electron chi connectivity index (χ0n) is 37.6. The van der Waals surface area contributed by atoms with Crippen molar-refractivity contribution in [2.24, 2.45) is 0 Å². The molecule has 3 atom stereocenters. The van der Waals surface area contributed by atoms with Gasteiger partial charge in [0, 0.05) is 24.6 Å². The second-order valence-electron chi connectivity index (χ2n) is 19.0. The highest BCUT2D eigenvalue weighted by Crippen LogP contribution is 2.43. The van der Waals surface area contributed by atoms with E-state index in [0.717, 1.165) is 78.7 Å². The fraction of sp³-hybridized carbons (Fsp3) is 0.578. The number of anilines is 2. The van der Waals surface area contributed by atoms with Gasteiger partial charge in [-0.25, -0.2) is 9.48 Å². The fourth-order valence-electron chi connectivity index (χ4n) is 9.56. The SMILES string of the molecule is CC(C)[Si](OCC1CCCN1c1nnc2ccc(OC3CCC(NC(=O)Nc4cc(C(C)(C)C)nn4-c4cnn(CCN(C)C)c4)c4ccccc43)cn12)(C(C)C)C(C)C. The number of rotatable bonds is 15. The van der Waals surface area contributed by atoms with Crippen LogP contribution in [0.4, 0.5) is 16.6 Å². The van der Waals surface area contributed by atoms with Crippen molar-refractivity contribution in [2.45, 2.75) is 135 Å². The van der Waals surface area contributed by atoms with Gasteiger partial charge in [0.1, 0.15) is 23.4 Å². The molecule has 2 N–H and O–H groups in total. The molecule has 324 valence electrons. The van der Waals surface area contributed by atoms with E-state index >= 15 is 0 Å². The molecule has 14 nitrogen and oxygen atoms in total. The molecule has 4 aromatic heterocycles. The van der Waals surface area contributed by atoms with Crippen LogP contribution in [0.2, 0.25) is 16.6 Å². The van der Waals surface area contributed by atoms with Crippen LogP contribution in [0.1, 0.15) is 117 Å². The largest absolute Gasteiger partial charge is 0.484 e. The van der Waals surface area contributed by atoms with Crippen LogP contribution in [0.5, 0.6) is 5.75 Å². The normalized spacial score (nSPS) is 18.6. The van der Waals surface area contributed by atoms with Gasteiger partial charge in [0.05, 0.1) is 49.5 Å². The summed E-state index contributed by atoms with van der Waals surface area (Å²) in [6.07, 6.45) is 9.19. The van der Waals surface area contributed by atoms with Crippen molar-refractivity contribution in [2.75, 3.05) is 44.0 Å². The molecule has 0 radical (unpaired) electrons. The smallest absolute Gasteiger partial charge is 0.320 e. The number of likely N-dealkylation sites (N-methyl/N-ethyl adjacent to an activating group) is 1. The molecular formula is C45H67N11O3Si. The standard InChI is InChI=1S/C45H67N11O3Si/c1-30(2)60(31(3)4,32(5)6)58-29-33-15-14-22-54(33)44-50-49-41-21-18-35(28-55(41)44)59-39-20-19-38(36-16-12-13-17-37(36)39)47-43(57)48-42-25-40(45(7,8)9)51-56(42)34-26-46-53(27-34)24-23-52(10)11/h12-13,16-18,21,25-28,30-33,38-39H,14-15,19-20,22-24,29H2,1-11H3,(H2,47,48,57). The topological polar surface area (TPSA) is 132 Å². The summed E-state index contributed by atoms with van der Waals surface area (Å²) in [5.41, 5.74) is 5.94. The highest BCUT2D eigenvalue weighted by Gasteiger charge is 2.46. The monoisotopic (exact) mass is 838 g/mol. The number of ether oxygens (including phenoxy) is 1. The summed E-state index contributed by atoms with van der Waals surface area (Å²) in [5, 5.41) is 25.1. The van der Waals surface area contributed by atoms with Crippen molar-refractivity contribution in [3.63, 3.8) is 0 Å². The Kier molecular flexibility index (Phi) is 12.8. The van der Waals surface area contributed by atoms with Crippen LogP contribution in [-0.2, 0) is 16.4 Å². The molecule has 0 saturated carbocycles. The molecule has 15 heteroatoms. The number of carbonyl (C=O) groups is 1. The number of nitrogens with one attached hydrogen (secondary N) is 2. The lowest BCUT2D eigenvalue weighted by atomic mass is 9.85. The number of hydrogen-bond acceptors (Lipinski definition) is 9. The van der Waals surface area contributed by atoms with Crippen LogP contribution >= 0.6 is 0 Å². The van der Waals surface area contributed by atoms with Crippen LogP contribution in [0.15, 0.2) is 61.1 Å². The van der Waals surface area contributed by atoms with Gasteiger partial charge in [0.15, 0.2) is 14.0 Å². The zero-order valence-corrected chi connectivity index (χ0v) is 38.6. The molecule has 0 bridgehead atoms. The molecule has 0 spiro atoms. The Morgan fingerprint density at radius 3 is 2.38 bits per heavy atom. The summed E-state index contributed by atoms with van der Waals surface area (Å²) in [6.45, 7) is 23.6. The van der Waals surface area contributed by atoms with Crippen molar-refractivity contribution < 1.29 is 14.0 Å². The van der Waals surface area contributed by atoms with E-state index in [1.807, 2.05) is 61.5 Å². The Bertz CT molecular complexity index is 2210. The van der Waals surface area contributed by atoms with E-state index in [1.54, 1.807) is 10.9 Å². The third kappa shape index (κ3) is 8.98. The van der Waals surface area contributed by atoms with Gasteiger partial charge in [0.2, 0.25) is 5.95 Å². The lowest BCUT2D eigenvalue weighted by Gasteiger charge is -2.43. The number of carbonyl (C=O) groups excluding carboxylic acids is 1. The summed E-state index contributed by atoms with van der Waals surface area (Å²) in [4.78, 5) is 18.3.